The van der Waals surface area contributed by atoms with Crippen LogP contribution in [0.4, 0.5) is 0 Å². The number of nitrogens with zero attached hydrogens (tertiary/aromatic N) is 2. The molecule has 1 N–H and O–H groups in total. The van der Waals surface area contributed by atoms with E-state index in [4.69, 9.17) is 14.5 Å². The average molecular weight is 406 g/mol. The smallest absolute Gasteiger partial charge is 0.132 e. The number of hydrogen-bond acceptors (Lipinski definition) is 6. The van der Waals surface area contributed by atoms with Gasteiger partial charge in [-0.2, -0.15) is 0 Å². The summed E-state index contributed by atoms with van der Waals surface area (Å²) in [5, 5.41) is 6.55. The third-order valence-corrected chi connectivity index (χ3v) is 5.12. The van der Waals surface area contributed by atoms with Gasteiger partial charge in [0.25, 0.3) is 0 Å². The van der Waals surface area contributed by atoms with Crippen molar-refractivity contribution in [2.45, 2.75) is 19.5 Å². The molecular formula is C17H25Cl2N3O2S. The summed E-state index contributed by atoms with van der Waals surface area (Å²) in [6, 6.07) is 6.39. The monoisotopic (exact) mass is 405 g/mol. The summed E-state index contributed by atoms with van der Waals surface area (Å²) < 4.78 is 10.7. The SMILES string of the molecule is COc1ccc(-c2nc(CN3CCNC[C@H]3C)cs2)c(OC)c1.Cl.Cl. The Morgan fingerprint density at radius 2 is 2.08 bits per heavy atom. The zero-order valence-electron chi connectivity index (χ0n) is 14.7. The van der Waals surface area contributed by atoms with E-state index >= 15 is 0 Å². The molecule has 25 heavy (non-hydrogen) atoms. The van der Waals surface area contributed by atoms with E-state index in [1.54, 1.807) is 25.6 Å². The molecule has 0 aliphatic carbocycles. The predicted molar refractivity (Wildman–Crippen MR) is 108 cm³/mol. The molecule has 140 valence electrons. The normalized spacial score (nSPS) is 17.3. The topological polar surface area (TPSA) is 46.6 Å². The summed E-state index contributed by atoms with van der Waals surface area (Å²) in [5.41, 5.74) is 2.13. The molecule has 1 aliphatic heterocycles. The van der Waals surface area contributed by atoms with Crippen LogP contribution in [-0.2, 0) is 6.54 Å². The van der Waals surface area contributed by atoms with E-state index in [0.717, 1.165) is 53.9 Å². The third-order valence-electron chi connectivity index (χ3n) is 4.19. The second-order valence-electron chi connectivity index (χ2n) is 5.73. The van der Waals surface area contributed by atoms with Crippen molar-refractivity contribution < 1.29 is 9.47 Å². The molecule has 0 bridgehead atoms. The maximum absolute atomic E-state index is 5.49. The van der Waals surface area contributed by atoms with Gasteiger partial charge in [0.15, 0.2) is 0 Å². The summed E-state index contributed by atoms with van der Waals surface area (Å²) in [5.74, 6) is 1.58. The van der Waals surface area contributed by atoms with Crippen molar-refractivity contribution in [3.05, 3.63) is 29.3 Å². The van der Waals surface area contributed by atoms with E-state index in [9.17, 15) is 0 Å². The number of hydrogen-bond donors (Lipinski definition) is 1. The maximum atomic E-state index is 5.49. The quantitative estimate of drug-likeness (QED) is 0.824. The van der Waals surface area contributed by atoms with E-state index in [-0.39, 0.29) is 24.8 Å². The molecule has 0 saturated carbocycles. The third kappa shape index (κ3) is 5.21. The molecule has 1 fully saturated rings. The second-order valence-corrected chi connectivity index (χ2v) is 6.59. The number of rotatable bonds is 5. The lowest BCUT2D eigenvalue weighted by Gasteiger charge is -2.33. The average Bonchev–Trinajstić information content (AvgIpc) is 3.04. The second kappa shape index (κ2) is 10.2. The zero-order valence-corrected chi connectivity index (χ0v) is 17.1. The highest BCUT2D eigenvalue weighted by Gasteiger charge is 2.19. The van der Waals surface area contributed by atoms with Gasteiger partial charge < -0.3 is 14.8 Å². The number of ether oxygens (including phenoxy) is 2. The van der Waals surface area contributed by atoms with Crippen molar-refractivity contribution in [2.24, 2.45) is 0 Å². The van der Waals surface area contributed by atoms with Crippen LogP contribution in [0, 0.1) is 0 Å². The largest absolute Gasteiger partial charge is 0.497 e. The predicted octanol–water partition coefficient (Wildman–Crippen LogP) is 3.46. The van der Waals surface area contributed by atoms with Gasteiger partial charge in [-0.25, -0.2) is 4.98 Å². The number of benzene rings is 1. The summed E-state index contributed by atoms with van der Waals surface area (Å²) in [6.45, 7) is 6.32. The van der Waals surface area contributed by atoms with E-state index in [2.05, 4.69) is 22.5 Å². The van der Waals surface area contributed by atoms with Crippen LogP contribution in [-0.4, -0.2) is 49.8 Å². The number of piperazine rings is 1. The molecule has 1 aromatic heterocycles. The van der Waals surface area contributed by atoms with Gasteiger partial charge in [0, 0.05) is 43.7 Å². The first kappa shape index (κ1) is 22.0. The van der Waals surface area contributed by atoms with Crippen LogP contribution in [0.3, 0.4) is 0 Å². The van der Waals surface area contributed by atoms with Gasteiger partial charge >= 0.3 is 0 Å². The molecule has 1 aromatic carbocycles. The van der Waals surface area contributed by atoms with Gasteiger partial charge in [-0.05, 0) is 19.1 Å². The first-order chi connectivity index (χ1) is 11.2. The van der Waals surface area contributed by atoms with Crippen LogP contribution in [0.5, 0.6) is 11.5 Å². The van der Waals surface area contributed by atoms with Crippen molar-refractivity contribution in [1.82, 2.24) is 15.2 Å². The van der Waals surface area contributed by atoms with Crippen LogP contribution in [0.1, 0.15) is 12.6 Å². The molecule has 2 aromatic rings. The Morgan fingerprint density at radius 1 is 1.28 bits per heavy atom. The summed E-state index contributed by atoms with van der Waals surface area (Å²) >= 11 is 1.66. The van der Waals surface area contributed by atoms with Gasteiger partial charge in [0.1, 0.15) is 16.5 Å². The number of nitrogens with one attached hydrogen (secondary N) is 1. The molecule has 1 aliphatic rings. The number of halogens is 2. The zero-order chi connectivity index (χ0) is 16.2. The fraction of sp³-hybridized carbons (Fsp3) is 0.471. The van der Waals surface area contributed by atoms with Crippen molar-refractivity contribution in [3.63, 3.8) is 0 Å². The Bertz CT molecular complexity index is 669. The molecule has 5 nitrogen and oxygen atoms in total. The van der Waals surface area contributed by atoms with E-state index < -0.39 is 0 Å². The fourth-order valence-electron chi connectivity index (χ4n) is 2.80. The maximum Gasteiger partial charge on any atom is 0.132 e. The van der Waals surface area contributed by atoms with Crippen molar-refractivity contribution in [1.29, 1.82) is 0 Å². The molecule has 2 heterocycles. The minimum absolute atomic E-state index is 0. The van der Waals surface area contributed by atoms with Crippen LogP contribution >= 0.6 is 36.2 Å². The van der Waals surface area contributed by atoms with Crippen molar-refractivity contribution >= 4 is 36.2 Å². The Morgan fingerprint density at radius 3 is 2.76 bits per heavy atom. The highest BCUT2D eigenvalue weighted by Crippen LogP contribution is 2.35. The van der Waals surface area contributed by atoms with Gasteiger partial charge in [-0.3, -0.25) is 4.90 Å². The fourth-order valence-corrected chi connectivity index (χ4v) is 3.65. The summed E-state index contributed by atoms with van der Waals surface area (Å²) in [6.07, 6.45) is 0. The molecule has 0 spiro atoms. The van der Waals surface area contributed by atoms with Crippen LogP contribution < -0.4 is 14.8 Å². The minimum atomic E-state index is 0. The molecule has 0 unspecified atom stereocenters. The van der Waals surface area contributed by atoms with Crippen molar-refractivity contribution in [2.75, 3.05) is 33.9 Å². The highest BCUT2D eigenvalue weighted by molar-refractivity contribution is 7.13. The molecule has 0 amide bonds. The lowest BCUT2D eigenvalue weighted by atomic mass is 10.2. The highest BCUT2D eigenvalue weighted by atomic mass is 35.5. The number of methoxy groups -OCH3 is 2. The molecule has 3 rings (SSSR count). The van der Waals surface area contributed by atoms with E-state index in [1.165, 1.54) is 0 Å². The van der Waals surface area contributed by atoms with E-state index in [1.807, 2.05) is 18.2 Å². The molecule has 1 atom stereocenters. The lowest BCUT2D eigenvalue weighted by Crippen LogP contribution is -2.49. The summed E-state index contributed by atoms with van der Waals surface area (Å²) in [7, 11) is 3.33. The molecular weight excluding hydrogens is 381 g/mol. The number of thiazole rings is 1. The summed E-state index contributed by atoms with van der Waals surface area (Å²) in [4.78, 5) is 7.28. The Labute approximate surface area is 165 Å². The molecule has 0 radical (unpaired) electrons. The first-order valence-corrected chi connectivity index (χ1v) is 8.71. The van der Waals surface area contributed by atoms with Gasteiger partial charge in [-0.1, -0.05) is 0 Å². The van der Waals surface area contributed by atoms with Gasteiger partial charge in [-0.15, -0.1) is 36.2 Å². The number of aromatic nitrogens is 1. The Kier molecular flexibility index (Phi) is 8.96. The first-order valence-electron chi connectivity index (χ1n) is 7.83. The lowest BCUT2D eigenvalue weighted by molar-refractivity contribution is 0.164. The van der Waals surface area contributed by atoms with Crippen LogP contribution in [0.15, 0.2) is 23.6 Å². The molecule has 8 heteroatoms. The van der Waals surface area contributed by atoms with Crippen molar-refractivity contribution in [3.8, 4) is 22.1 Å². The Balaban J connectivity index is 0.00000156. The van der Waals surface area contributed by atoms with Crippen LogP contribution in [0.2, 0.25) is 0 Å². The molecule has 1 saturated heterocycles. The van der Waals surface area contributed by atoms with Crippen LogP contribution in [0.25, 0.3) is 10.6 Å². The minimum Gasteiger partial charge on any atom is -0.497 e. The van der Waals surface area contributed by atoms with Gasteiger partial charge in [0.2, 0.25) is 0 Å². The van der Waals surface area contributed by atoms with Gasteiger partial charge in [0.05, 0.1) is 25.5 Å². The standard InChI is InChI=1S/C17H23N3O2S.2ClH/c1-12-9-18-6-7-20(12)10-13-11-23-17(19-13)15-5-4-14(21-2)8-16(15)22-3;;/h4-5,8,11-12,18H,6-7,9-10H2,1-3H3;2*1H/t12-;;/m1../s1. The van der Waals surface area contributed by atoms with E-state index in [0.29, 0.717) is 6.04 Å². The Hall–Kier alpha value is -1.05.